The molecule has 0 aliphatic carbocycles. The third-order valence-corrected chi connectivity index (χ3v) is 3.71. The summed E-state index contributed by atoms with van der Waals surface area (Å²) in [4.78, 5) is 4.49. The van der Waals surface area contributed by atoms with Crippen LogP contribution in [0.2, 0.25) is 0 Å². The molecule has 0 aliphatic rings. The van der Waals surface area contributed by atoms with E-state index >= 15 is 0 Å². The molecule has 3 rings (SSSR count). The maximum Gasteiger partial charge on any atom is 0.231 e. The molecule has 0 atom stereocenters. The monoisotopic (exact) mass is 297 g/mol. The Morgan fingerprint density at radius 3 is 2.41 bits per heavy atom. The molecule has 22 heavy (non-hydrogen) atoms. The molecule has 0 unspecified atom stereocenters. The van der Waals surface area contributed by atoms with Crippen molar-refractivity contribution in [2.75, 3.05) is 0 Å². The molecule has 0 spiro atoms. The summed E-state index contributed by atoms with van der Waals surface area (Å²) >= 11 is 0. The fraction of sp³-hybridized carbons (Fsp3) is 0.353. The average molecular weight is 297 g/mol. The quantitative estimate of drug-likeness (QED) is 0.717. The minimum absolute atomic E-state index is 0.564. The van der Waals surface area contributed by atoms with Crippen molar-refractivity contribution in [1.29, 1.82) is 0 Å². The average Bonchev–Trinajstić information content (AvgIpc) is 3.15. The van der Waals surface area contributed by atoms with Crippen LogP contribution in [-0.4, -0.2) is 15.3 Å². The molecule has 0 fully saturated rings. The third kappa shape index (κ3) is 2.79. The Balaban J connectivity index is 1.86. The van der Waals surface area contributed by atoms with Crippen LogP contribution in [0.25, 0.3) is 11.4 Å². The normalized spacial score (nSPS) is 11.0. The number of aryl methyl sites for hydroxylation is 3. The van der Waals surface area contributed by atoms with Gasteiger partial charge in [0.2, 0.25) is 11.7 Å². The van der Waals surface area contributed by atoms with Crippen LogP contribution in [0.5, 0.6) is 0 Å². The number of rotatable bonds is 5. The molecule has 5 nitrogen and oxygen atoms in total. The number of hydrogen-bond acceptors (Lipinski definition) is 5. The van der Waals surface area contributed by atoms with E-state index in [0.29, 0.717) is 18.1 Å². The molecule has 2 aromatic heterocycles. The summed E-state index contributed by atoms with van der Waals surface area (Å²) in [6, 6.07) is 8.07. The third-order valence-electron chi connectivity index (χ3n) is 3.71. The van der Waals surface area contributed by atoms with Gasteiger partial charge in [0.25, 0.3) is 0 Å². The van der Waals surface area contributed by atoms with E-state index < -0.39 is 0 Å². The van der Waals surface area contributed by atoms with Crippen LogP contribution in [0.3, 0.4) is 0 Å². The van der Waals surface area contributed by atoms with Crippen molar-refractivity contribution in [2.45, 2.75) is 40.0 Å². The predicted molar refractivity (Wildman–Crippen MR) is 82.5 cm³/mol. The zero-order valence-corrected chi connectivity index (χ0v) is 13.1. The van der Waals surface area contributed by atoms with Gasteiger partial charge in [0.05, 0.1) is 12.1 Å². The minimum Gasteiger partial charge on any atom is -0.361 e. The molecular weight excluding hydrogens is 278 g/mol. The second-order valence-electron chi connectivity index (χ2n) is 5.29. The van der Waals surface area contributed by atoms with E-state index in [2.05, 4.69) is 36.1 Å². The van der Waals surface area contributed by atoms with Crippen molar-refractivity contribution < 1.29 is 9.05 Å². The highest BCUT2D eigenvalue weighted by Gasteiger charge is 2.17. The molecule has 0 bridgehead atoms. The summed E-state index contributed by atoms with van der Waals surface area (Å²) in [5, 5.41) is 8.18. The van der Waals surface area contributed by atoms with Gasteiger partial charge in [-0.2, -0.15) is 4.98 Å². The summed E-state index contributed by atoms with van der Waals surface area (Å²) in [6.07, 6.45) is 2.20. The minimum atomic E-state index is 0.564. The van der Waals surface area contributed by atoms with Gasteiger partial charge in [0.1, 0.15) is 5.76 Å². The summed E-state index contributed by atoms with van der Waals surface area (Å²) in [7, 11) is 0. The van der Waals surface area contributed by atoms with Gasteiger partial charge in [-0.05, 0) is 13.3 Å². The Labute approximate surface area is 129 Å². The van der Waals surface area contributed by atoms with Gasteiger partial charge in [0, 0.05) is 17.5 Å². The summed E-state index contributed by atoms with van der Waals surface area (Å²) in [5.41, 5.74) is 4.20. The summed E-state index contributed by atoms with van der Waals surface area (Å²) in [6.45, 7) is 6.16. The molecule has 3 aromatic rings. The van der Waals surface area contributed by atoms with Crippen LogP contribution in [0.1, 0.15) is 42.3 Å². The Bertz CT molecular complexity index is 735. The highest BCUT2D eigenvalue weighted by Crippen LogP contribution is 2.21. The number of nitrogens with zero attached hydrogens (tertiary/aromatic N) is 3. The van der Waals surface area contributed by atoms with Crippen molar-refractivity contribution in [3.05, 3.63) is 52.7 Å². The first-order chi connectivity index (χ1) is 10.7. The van der Waals surface area contributed by atoms with E-state index in [1.54, 1.807) is 0 Å². The summed E-state index contributed by atoms with van der Waals surface area (Å²) in [5.74, 6) is 2.10. The lowest BCUT2D eigenvalue weighted by molar-refractivity contribution is 0.375. The zero-order valence-electron chi connectivity index (χ0n) is 13.1. The number of benzene rings is 1. The van der Waals surface area contributed by atoms with E-state index in [9.17, 15) is 0 Å². The first-order valence-electron chi connectivity index (χ1n) is 7.57. The molecular formula is C17H19N3O2. The van der Waals surface area contributed by atoms with Crippen molar-refractivity contribution in [3.8, 4) is 11.4 Å². The highest BCUT2D eigenvalue weighted by molar-refractivity contribution is 5.54. The van der Waals surface area contributed by atoms with Crippen molar-refractivity contribution >= 4 is 0 Å². The Hall–Kier alpha value is -2.43. The summed E-state index contributed by atoms with van der Waals surface area (Å²) < 4.78 is 10.8. The molecule has 0 radical (unpaired) electrons. The van der Waals surface area contributed by atoms with Crippen LogP contribution in [0.15, 0.2) is 33.3 Å². The number of aromatic nitrogens is 3. The molecule has 114 valence electrons. The van der Waals surface area contributed by atoms with Crippen LogP contribution >= 0.6 is 0 Å². The first-order valence-corrected chi connectivity index (χ1v) is 7.57. The van der Waals surface area contributed by atoms with Gasteiger partial charge in [-0.3, -0.25) is 0 Å². The lowest BCUT2D eigenvalue weighted by atomic mass is 10.1. The molecule has 1 aromatic carbocycles. The standard InChI is InChI=1S/C17H19N3O2/c1-4-14-13(15(5-2)21-19-14)10-16-18-17(20-22-16)12-8-6-11(3)7-9-12/h6-9H,4-5,10H2,1-3H3. The molecule has 0 N–H and O–H groups in total. The lowest BCUT2D eigenvalue weighted by Gasteiger charge is -1.97. The smallest absolute Gasteiger partial charge is 0.231 e. The molecule has 0 amide bonds. The van der Waals surface area contributed by atoms with E-state index in [1.165, 1.54) is 5.56 Å². The van der Waals surface area contributed by atoms with E-state index in [4.69, 9.17) is 9.05 Å². The van der Waals surface area contributed by atoms with Gasteiger partial charge < -0.3 is 9.05 Å². The Kier molecular flexibility index (Phi) is 4.04. The fourth-order valence-electron chi connectivity index (χ4n) is 2.44. The Morgan fingerprint density at radius 1 is 0.955 bits per heavy atom. The molecule has 0 saturated heterocycles. The van der Waals surface area contributed by atoms with E-state index in [-0.39, 0.29) is 0 Å². The van der Waals surface area contributed by atoms with E-state index in [1.807, 2.05) is 24.3 Å². The highest BCUT2D eigenvalue weighted by atomic mass is 16.5. The van der Waals surface area contributed by atoms with Gasteiger partial charge in [-0.25, -0.2) is 0 Å². The van der Waals surface area contributed by atoms with Crippen molar-refractivity contribution in [1.82, 2.24) is 15.3 Å². The van der Waals surface area contributed by atoms with Crippen LogP contribution in [0.4, 0.5) is 0 Å². The van der Waals surface area contributed by atoms with Crippen LogP contribution in [-0.2, 0) is 19.3 Å². The molecule has 0 aliphatic heterocycles. The zero-order chi connectivity index (χ0) is 15.5. The van der Waals surface area contributed by atoms with Crippen LogP contribution in [0, 0.1) is 6.92 Å². The maximum atomic E-state index is 5.39. The van der Waals surface area contributed by atoms with Crippen molar-refractivity contribution in [2.24, 2.45) is 0 Å². The van der Waals surface area contributed by atoms with Gasteiger partial charge >= 0.3 is 0 Å². The first kappa shape index (κ1) is 14.5. The van der Waals surface area contributed by atoms with Gasteiger partial charge in [-0.15, -0.1) is 0 Å². The van der Waals surface area contributed by atoms with Gasteiger partial charge in [-0.1, -0.05) is 54.0 Å². The van der Waals surface area contributed by atoms with Gasteiger partial charge in [0.15, 0.2) is 0 Å². The second-order valence-corrected chi connectivity index (χ2v) is 5.29. The Morgan fingerprint density at radius 2 is 1.73 bits per heavy atom. The topological polar surface area (TPSA) is 65.0 Å². The second kappa shape index (κ2) is 6.13. The largest absolute Gasteiger partial charge is 0.361 e. The predicted octanol–water partition coefficient (Wildman–Crippen LogP) is 3.75. The molecule has 2 heterocycles. The van der Waals surface area contributed by atoms with Crippen LogP contribution < -0.4 is 0 Å². The molecule has 0 saturated carbocycles. The van der Waals surface area contributed by atoms with E-state index in [0.717, 1.165) is 35.4 Å². The van der Waals surface area contributed by atoms with Crippen molar-refractivity contribution in [3.63, 3.8) is 0 Å². The molecule has 5 heteroatoms. The number of hydrogen-bond donors (Lipinski definition) is 0. The maximum absolute atomic E-state index is 5.39. The lowest BCUT2D eigenvalue weighted by Crippen LogP contribution is -1.96. The SMILES string of the molecule is CCc1noc(CC)c1Cc1nc(-c2ccc(C)cc2)no1. The fourth-order valence-corrected chi connectivity index (χ4v) is 2.44.